The number of aromatic nitrogens is 5. The smallest absolute Gasteiger partial charge is 0.332 e. The van der Waals surface area contributed by atoms with Gasteiger partial charge in [0.05, 0.1) is 30.0 Å². The van der Waals surface area contributed by atoms with Crippen molar-refractivity contribution >= 4 is 40.2 Å². The number of nitrogens with one attached hydrogen (secondary N) is 2. The number of pyridine rings is 1. The minimum atomic E-state index is -0.488. The zero-order valence-electron chi connectivity index (χ0n) is 30.6. The molecule has 54 heavy (non-hydrogen) atoms. The van der Waals surface area contributed by atoms with Gasteiger partial charge in [0.2, 0.25) is 5.88 Å². The van der Waals surface area contributed by atoms with Crippen LogP contribution in [-0.2, 0) is 20.5 Å². The van der Waals surface area contributed by atoms with Gasteiger partial charge in [0.15, 0.2) is 5.65 Å². The van der Waals surface area contributed by atoms with Gasteiger partial charge in [-0.3, -0.25) is 18.8 Å². The third-order valence-corrected chi connectivity index (χ3v) is 11.8. The fourth-order valence-electron chi connectivity index (χ4n) is 8.49. The molecule has 2 unspecified atom stereocenters. The number of aryl methyl sites for hydroxylation is 2. The van der Waals surface area contributed by atoms with Crippen molar-refractivity contribution < 1.29 is 14.6 Å². The number of aliphatic hydroxyl groups is 1. The Kier molecular flexibility index (Phi) is 9.15. The lowest BCUT2D eigenvalue weighted by Crippen LogP contribution is -2.61. The standard InChI is InChI=1S/C39H42ClN9O5/c1-22-24(7-6-10-27(22)43-33-31-34(42-21-41-33)46(2)38(53)47(3)36(31)51)25-8-5-9-26(32(25)40)28-19-23-11-12-29(30(23)35(44-28)54-4)49-16-14-39(20-49)13-15-48(17-18-50)37(52)45-39/h5-10,19,21,29,50H,11-18,20H2,1-4H3,(H,45,52)(H,41,42,43). The fraction of sp³-hybridized carbons (Fsp3) is 0.385. The molecule has 280 valence electrons. The van der Waals surface area contributed by atoms with Crippen molar-refractivity contribution in [2.45, 2.75) is 44.2 Å². The number of nitrogens with zero attached hydrogens (tertiary/aromatic N) is 7. The molecule has 5 aromatic rings. The SMILES string of the molecule is COc1nc(-c2cccc(-c3cccc(Nc4ncnc5c4c(=O)n(C)c(=O)n5C)c3C)c2Cl)cc2c1C(N1CCC3(CCN(CCO)C(=O)N3)C1)CC2. The van der Waals surface area contributed by atoms with Crippen molar-refractivity contribution in [2.75, 3.05) is 45.2 Å². The highest BCUT2D eigenvalue weighted by Gasteiger charge is 2.46. The molecular weight excluding hydrogens is 710 g/mol. The third kappa shape index (κ3) is 5.89. The summed E-state index contributed by atoms with van der Waals surface area (Å²) in [6, 6.07) is 13.9. The molecule has 1 spiro atoms. The lowest BCUT2D eigenvalue weighted by molar-refractivity contribution is 0.127. The molecule has 0 radical (unpaired) electrons. The molecule has 2 atom stereocenters. The van der Waals surface area contributed by atoms with E-state index in [0.717, 1.165) is 76.9 Å². The average Bonchev–Trinajstić information content (AvgIpc) is 3.79. The Morgan fingerprint density at radius 1 is 1.04 bits per heavy atom. The van der Waals surface area contributed by atoms with Gasteiger partial charge in [-0.15, -0.1) is 0 Å². The number of hydrogen-bond acceptors (Lipinski definition) is 10. The summed E-state index contributed by atoms with van der Waals surface area (Å²) in [6.07, 6.45) is 4.84. The van der Waals surface area contributed by atoms with E-state index in [1.807, 2.05) is 43.3 Å². The number of carbonyl (C=O) groups excluding carboxylic acids is 1. The van der Waals surface area contributed by atoms with Gasteiger partial charge in [0.25, 0.3) is 5.56 Å². The maximum Gasteiger partial charge on any atom is 0.332 e. The van der Waals surface area contributed by atoms with Crippen molar-refractivity contribution in [3.8, 4) is 28.3 Å². The molecule has 2 amide bonds. The van der Waals surface area contributed by atoms with Gasteiger partial charge >= 0.3 is 11.7 Å². The number of aliphatic hydroxyl groups excluding tert-OH is 1. The zero-order chi connectivity index (χ0) is 37.9. The van der Waals surface area contributed by atoms with Crippen LogP contribution in [0.5, 0.6) is 5.88 Å². The number of carbonyl (C=O) groups is 1. The second-order valence-corrected chi connectivity index (χ2v) is 14.8. The summed E-state index contributed by atoms with van der Waals surface area (Å²) in [5.41, 5.74) is 6.07. The van der Waals surface area contributed by atoms with Gasteiger partial charge in [0.1, 0.15) is 17.5 Å². The highest BCUT2D eigenvalue weighted by Crippen LogP contribution is 2.47. The number of hydrogen-bond donors (Lipinski definition) is 3. The van der Waals surface area contributed by atoms with Crippen molar-refractivity contribution in [1.29, 1.82) is 0 Å². The van der Waals surface area contributed by atoms with E-state index in [1.54, 1.807) is 19.1 Å². The number of rotatable bonds is 8. The molecule has 2 fully saturated rings. The van der Waals surface area contributed by atoms with Crippen molar-refractivity contribution in [1.82, 2.24) is 39.2 Å². The maximum absolute atomic E-state index is 13.2. The molecule has 3 aliphatic rings. The maximum atomic E-state index is 13.2. The molecule has 2 saturated heterocycles. The predicted octanol–water partition coefficient (Wildman–Crippen LogP) is 4.31. The topological polar surface area (TPSA) is 160 Å². The van der Waals surface area contributed by atoms with E-state index in [1.165, 1.54) is 23.5 Å². The number of ether oxygens (including phenoxy) is 1. The highest BCUT2D eigenvalue weighted by molar-refractivity contribution is 6.36. The second-order valence-electron chi connectivity index (χ2n) is 14.4. The first-order valence-corrected chi connectivity index (χ1v) is 18.5. The summed E-state index contributed by atoms with van der Waals surface area (Å²) < 4.78 is 8.34. The number of β-amino-alcohol motifs (C(OH)–C–C–N with tert-alkyl or cyclic N) is 1. The van der Waals surface area contributed by atoms with Crippen molar-refractivity contribution in [2.24, 2.45) is 14.1 Å². The molecule has 1 aliphatic carbocycles. The molecule has 8 rings (SSSR count). The molecule has 3 aromatic heterocycles. The van der Waals surface area contributed by atoms with E-state index in [9.17, 15) is 19.5 Å². The van der Waals surface area contributed by atoms with Crippen LogP contribution in [0.15, 0.2) is 58.4 Å². The number of halogens is 1. The van der Waals surface area contributed by atoms with Crippen LogP contribution >= 0.6 is 11.6 Å². The van der Waals surface area contributed by atoms with E-state index in [-0.39, 0.29) is 35.3 Å². The van der Waals surface area contributed by atoms with E-state index in [4.69, 9.17) is 21.3 Å². The van der Waals surface area contributed by atoms with Gasteiger partial charge in [-0.1, -0.05) is 41.9 Å². The first-order valence-electron chi connectivity index (χ1n) is 18.1. The number of methoxy groups -OCH3 is 1. The number of fused-ring (bicyclic) bond motifs is 2. The van der Waals surface area contributed by atoms with Crippen molar-refractivity contribution in [3.05, 3.63) is 91.3 Å². The lowest BCUT2D eigenvalue weighted by atomic mass is 9.92. The normalized spacial score (nSPS) is 19.8. The predicted molar refractivity (Wildman–Crippen MR) is 207 cm³/mol. The van der Waals surface area contributed by atoms with Gasteiger partial charge in [0, 0.05) is 68.7 Å². The van der Waals surface area contributed by atoms with Crippen LogP contribution in [0.4, 0.5) is 16.3 Å². The largest absolute Gasteiger partial charge is 0.481 e. The van der Waals surface area contributed by atoms with Gasteiger partial charge in [-0.2, -0.15) is 0 Å². The molecule has 0 bridgehead atoms. The molecule has 0 saturated carbocycles. The van der Waals surface area contributed by atoms with Gasteiger partial charge in [-0.25, -0.2) is 24.5 Å². The molecule has 15 heteroatoms. The molecule has 3 N–H and O–H groups in total. The fourth-order valence-corrected chi connectivity index (χ4v) is 8.82. The molecule has 14 nitrogen and oxygen atoms in total. The monoisotopic (exact) mass is 751 g/mol. The van der Waals surface area contributed by atoms with E-state index >= 15 is 0 Å². The van der Waals surface area contributed by atoms with E-state index < -0.39 is 11.2 Å². The minimum absolute atomic E-state index is 0.0432. The lowest BCUT2D eigenvalue weighted by Gasteiger charge is -2.40. The Morgan fingerprint density at radius 2 is 1.80 bits per heavy atom. The quantitative estimate of drug-likeness (QED) is 0.209. The average molecular weight is 752 g/mol. The van der Waals surface area contributed by atoms with Crippen LogP contribution in [0.3, 0.4) is 0 Å². The Hall–Kier alpha value is -5.31. The molecule has 2 aromatic carbocycles. The van der Waals surface area contributed by atoms with Crippen LogP contribution in [0.1, 0.15) is 42.0 Å². The Labute approximate surface area is 316 Å². The summed E-state index contributed by atoms with van der Waals surface area (Å²) in [5, 5.41) is 16.7. The Balaban J connectivity index is 1.09. The van der Waals surface area contributed by atoms with Crippen molar-refractivity contribution in [3.63, 3.8) is 0 Å². The molecule has 2 aliphatic heterocycles. The third-order valence-electron chi connectivity index (χ3n) is 11.4. The van der Waals surface area contributed by atoms with E-state index in [2.05, 4.69) is 31.6 Å². The summed E-state index contributed by atoms with van der Waals surface area (Å²) in [6.45, 7) is 4.53. The number of amides is 2. The Morgan fingerprint density at radius 3 is 2.57 bits per heavy atom. The first-order chi connectivity index (χ1) is 26.0. The second kappa shape index (κ2) is 13.8. The van der Waals surface area contributed by atoms with E-state index in [0.29, 0.717) is 35.5 Å². The summed E-state index contributed by atoms with van der Waals surface area (Å²) in [4.78, 5) is 56.3. The molecule has 5 heterocycles. The number of likely N-dealkylation sites (tertiary alicyclic amines) is 1. The number of anilines is 2. The summed E-state index contributed by atoms with van der Waals surface area (Å²) in [7, 11) is 4.66. The highest BCUT2D eigenvalue weighted by atomic mass is 35.5. The van der Waals surface area contributed by atoms with Crippen LogP contribution in [0.2, 0.25) is 5.02 Å². The van der Waals surface area contributed by atoms with Gasteiger partial charge in [-0.05, 0) is 61.4 Å². The van der Waals surface area contributed by atoms with Crippen LogP contribution in [-0.4, -0.2) is 90.5 Å². The number of benzene rings is 2. The molecular formula is C39H42ClN9O5. The summed E-state index contributed by atoms with van der Waals surface area (Å²) in [5.74, 6) is 0.874. The van der Waals surface area contributed by atoms with Crippen LogP contribution < -0.4 is 26.6 Å². The zero-order valence-corrected chi connectivity index (χ0v) is 31.4. The minimum Gasteiger partial charge on any atom is -0.481 e. The Bertz CT molecular complexity index is 2450. The van der Waals surface area contributed by atoms with Gasteiger partial charge < -0.3 is 25.4 Å². The van der Waals surface area contributed by atoms with Crippen LogP contribution in [0.25, 0.3) is 33.4 Å². The van der Waals surface area contributed by atoms with Crippen LogP contribution in [0, 0.1) is 6.92 Å². The number of urea groups is 1. The first kappa shape index (κ1) is 35.7. The summed E-state index contributed by atoms with van der Waals surface area (Å²) >= 11 is 7.26.